The Morgan fingerprint density at radius 2 is 0.928 bits per heavy atom. The molecule has 16 N–H and O–H groups in total. The highest BCUT2D eigenvalue weighted by Gasteiger charge is 2.50. The van der Waals surface area contributed by atoms with Crippen molar-refractivity contribution in [1.29, 1.82) is 0 Å². The van der Waals surface area contributed by atoms with Gasteiger partial charge >= 0.3 is 23.9 Å². The van der Waals surface area contributed by atoms with Gasteiger partial charge in [0.15, 0.2) is 17.3 Å². The minimum Gasteiger partial charge on any atom is -0.571 e. The molecule has 0 aromatic heterocycles. The normalized spacial score (nSPS) is 29.6. The molecule has 0 spiro atoms. The van der Waals surface area contributed by atoms with Gasteiger partial charge in [0, 0.05) is 24.3 Å². The third-order valence-corrected chi connectivity index (χ3v) is 13.2. The van der Waals surface area contributed by atoms with Crippen molar-refractivity contribution < 1.29 is 143 Å². The summed E-state index contributed by atoms with van der Waals surface area (Å²) in [6.07, 6.45) is -26.9. The second kappa shape index (κ2) is 26.3. The van der Waals surface area contributed by atoms with Gasteiger partial charge in [0.25, 0.3) is 11.9 Å². The van der Waals surface area contributed by atoms with Crippen LogP contribution in [0, 0.1) is 0 Å². The van der Waals surface area contributed by atoms with Crippen LogP contribution in [0.5, 0.6) is 46.0 Å². The molecular formula is C54H57O29+. The van der Waals surface area contributed by atoms with Gasteiger partial charge in [0.05, 0.1) is 11.6 Å². The van der Waals surface area contributed by atoms with Gasteiger partial charge in [-0.15, -0.1) is 0 Å². The molecule has 4 aromatic rings. The third-order valence-electron chi connectivity index (χ3n) is 13.2. The van der Waals surface area contributed by atoms with E-state index < -0.39 is 183 Å². The van der Waals surface area contributed by atoms with E-state index in [4.69, 9.17) is 47.7 Å². The predicted octanol–water partition coefficient (Wildman–Crippen LogP) is -1.72. The zero-order chi connectivity index (χ0) is 60.0. The molecule has 83 heavy (non-hydrogen) atoms. The molecule has 4 aromatic carbocycles. The van der Waals surface area contributed by atoms with Gasteiger partial charge in [0.1, 0.15) is 128 Å². The third kappa shape index (κ3) is 14.7. The molecule has 0 bridgehead atoms. The lowest BCUT2D eigenvalue weighted by Crippen LogP contribution is -2.60. The van der Waals surface area contributed by atoms with Crippen LogP contribution >= 0.6 is 0 Å². The van der Waals surface area contributed by atoms with Crippen molar-refractivity contribution in [3.63, 3.8) is 0 Å². The van der Waals surface area contributed by atoms with E-state index in [1.54, 1.807) is 0 Å². The Labute approximate surface area is 467 Å². The van der Waals surface area contributed by atoms with Crippen LogP contribution in [0.4, 0.5) is 0 Å². The van der Waals surface area contributed by atoms with Crippen LogP contribution in [0.1, 0.15) is 34.8 Å². The number of carbonyl (C=O) groups excluding carboxylic acids is 3. The summed E-state index contributed by atoms with van der Waals surface area (Å²) in [6, 6.07) is 15.4. The topological polar surface area (TPSA) is 468 Å². The number of phenols is 5. The van der Waals surface area contributed by atoms with Gasteiger partial charge in [-0.1, -0.05) is 24.3 Å². The van der Waals surface area contributed by atoms with E-state index in [9.17, 15) is 90.7 Å². The summed E-state index contributed by atoms with van der Waals surface area (Å²) in [7, 11) is 0. The number of aliphatic hydroxyl groups is 10. The van der Waals surface area contributed by atoms with E-state index in [1.807, 2.05) is 0 Å². The Morgan fingerprint density at radius 3 is 1.36 bits per heavy atom. The number of carboxylic acids is 1. The zero-order valence-electron chi connectivity index (χ0n) is 42.8. The molecule has 3 fully saturated rings. The van der Waals surface area contributed by atoms with Crippen molar-refractivity contribution in [2.75, 3.05) is 19.8 Å². The molecule has 0 saturated carbocycles. The molecule has 0 aliphatic carbocycles. The van der Waals surface area contributed by atoms with E-state index in [1.165, 1.54) is 60.7 Å². The van der Waals surface area contributed by atoms with Crippen LogP contribution < -0.4 is 9.47 Å². The van der Waals surface area contributed by atoms with Crippen molar-refractivity contribution >= 4 is 42.1 Å². The Hall–Kier alpha value is -8.30. The lowest BCUT2D eigenvalue weighted by Gasteiger charge is -2.41. The number of benzene rings is 4. The average molecular weight is 1170 g/mol. The fourth-order valence-corrected chi connectivity index (χ4v) is 8.68. The van der Waals surface area contributed by atoms with Crippen LogP contribution in [0.25, 0.3) is 18.2 Å². The Kier molecular flexibility index (Phi) is 19.3. The quantitative estimate of drug-likeness (QED) is 0.0163. The van der Waals surface area contributed by atoms with Crippen molar-refractivity contribution in [3.05, 3.63) is 113 Å². The maximum atomic E-state index is 12.7. The Bertz CT molecular complexity index is 2930. The highest BCUT2D eigenvalue weighted by Crippen LogP contribution is 2.49. The summed E-state index contributed by atoms with van der Waals surface area (Å²) in [5.74, 6) is -9.15. The maximum absolute atomic E-state index is 12.7. The maximum Gasteiger partial charge on any atom is 0.330 e. The minimum absolute atomic E-state index is 0.0341. The standard InChI is InChI=1S/C54H56O29/c55-25-7-1-22(2-8-25)5-11-38(61)74-19-34-42(65)45(68)48(71)52(81-34)78-31-13-24(14-32(41(31)64)79-53-49(72)46(69)43(66)35(82-53)20-75-39(62)12-6-23-3-9-26(56)10-4-23)51-33(17-28-29(58)15-27(57)16-30(28)77-51)80-54-50(73)47(70)44(67)36(83-54)21-76-40(63)18-37(59)60/h1-17,34-36,42-58,64-73H,18-21H2,(H,59,60)/p+1/b11-5+,12-6+/t34-,35+,36-,42-,43-,44-,45+,46+,47+,48-,49-,50-,51?,52-,53-,54-/m1/s1. The van der Waals surface area contributed by atoms with Gasteiger partial charge in [-0.25, -0.2) is 9.59 Å². The molecule has 4 aliphatic rings. The minimum atomic E-state index is -2.17. The first-order valence-corrected chi connectivity index (χ1v) is 25.0. The monoisotopic (exact) mass is 1170 g/mol. The molecular weight excluding hydrogens is 1110 g/mol. The van der Waals surface area contributed by atoms with E-state index >= 15 is 0 Å². The smallest absolute Gasteiger partial charge is 0.330 e. The predicted molar refractivity (Wildman–Crippen MR) is 272 cm³/mol. The Morgan fingerprint density at radius 1 is 0.506 bits per heavy atom. The van der Waals surface area contributed by atoms with E-state index in [0.717, 1.165) is 42.5 Å². The molecule has 4 heterocycles. The van der Waals surface area contributed by atoms with Crippen LogP contribution in [-0.2, 0) is 52.3 Å². The van der Waals surface area contributed by atoms with Gasteiger partial charge in [-0.2, -0.15) is 0 Å². The van der Waals surface area contributed by atoms with Gasteiger partial charge in [-0.05, 0) is 59.7 Å². The van der Waals surface area contributed by atoms with Crippen LogP contribution in [0.15, 0.2) is 90.7 Å². The number of esters is 3. The number of carbonyl (C=O) groups is 4. The number of hydrogen-bond donors (Lipinski definition) is 15. The number of aromatic hydroxyl groups is 6. The molecule has 0 radical (unpaired) electrons. The fourth-order valence-electron chi connectivity index (χ4n) is 8.68. The van der Waals surface area contributed by atoms with Crippen molar-refractivity contribution in [3.8, 4) is 46.0 Å². The number of hydrogen-bond acceptors (Lipinski definition) is 27. The second-order valence-electron chi connectivity index (χ2n) is 19.1. The van der Waals surface area contributed by atoms with Gasteiger partial charge in [0.2, 0.25) is 24.6 Å². The fraction of sp³-hybridized carbons (Fsp3) is 0.370. The number of phenolic OH excluding ortho intramolecular Hbond substituents is 5. The second-order valence-corrected chi connectivity index (χ2v) is 19.1. The highest BCUT2D eigenvalue weighted by molar-refractivity contribution is 5.90. The summed E-state index contributed by atoms with van der Waals surface area (Å²) in [5, 5.41) is 161. The number of carboxylic acid groups (broad SMARTS) is 1. The van der Waals surface area contributed by atoms with E-state index in [2.05, 4.69) is 4.74 Å². The highest BCUT2D eigenvalue weighted by atomic mass is 16.7. The van der Waals surface area contributed by atoms with Crippen molar-refractivity contribution in [2.45, 2.75) is 105 Å². The molecule has 8 rings (SSSR count). The van der Waals surface area contributed by atoms with Crippen molar-refractivity contribution in [2.24, 2.45) is 0 Å². The van der Waals surface area contributed by atoms with Gasteiger partial charge < -0.3 is 124 Å². The molecule has 3 saturated heterocycles. The van der Waals surface area contributed by atoms with E-state index in [0.29, 0.717) is 11.1 Å². The molecule has 1 unspecified atom stereocenters. The molecule has 16 atom stereocenters. The van der Waals surface area contributed by atoms with E-state index in [-0.39, 0.29) is 28.4 Å². The number of ether oxygens (including phenoxy) is 10. The van der Waals surface area contributed by atoms with Crippen LogP contribution in [0.3, 0.4) is 0 Å². The lowest BCUT2D eigenvalue weighted by molar-refractivity contribution is -0.296. The number of aliphatic hydroxyl groups excluding tert-OH is 9. The van der Waals surface area contributed by atoms with Crippen LogP contribution in [-0.4, -0.2) is 217 Å². The van der Waals surface area contributed by atoms with Crippen molar-refractivity contribution in [1.82, 2.24) is 0 Å². The first-order chi connectivity index (χ1) is 39.4. The molecule has 29 nitrogen and oxygen atoms in total. The van der Waals surface area contributed by atoms with Crippen LogP contribution in [0.2, 0.25) is 0 Å². The molecule has 0 amide bonds. The first-order valence-electron chi connectivity index (χ1n) is 25.0. The zero-order valence-corrected chi connectivity index (χ0v) is 42.8. The first kappa shape index (κ1) is 60.8. The molecule has 4 aliphatic heterocycles. The average Bonchev–Trinajstić information content (AvgIpc) is 3.61. The number of rotatable bonds is 19. The largest absolute Gasteiger partial charge is 0.571 e. The summed E-state index contributed by atoms with van der Waals surface area (Å²) in [6.45, 7) is -2.44. The van der Waals surface area contributed by atoms with Gasteiger partial charge in [-0.3, -0.25) is 9.59 Å². The lowest BCUT2D eigenvalue weighted by atomic mass is 9.98. The SMILES string of the molecule is O=C(O)CC(=O)OC[C@H]1O[C@@H](OC2=Cc3c(O)cc(O)cc3[OH+]C2c2cc(O[C@@H]3O[C@@H](COC(=O)/C=C/c4ccc(O)cc4)[C@@H](O)[C@H](O)[C@H]3O)c(O)c(O[C@@H]3O[C@H](COC(=O)/C=C/c4ccc(O)cc4)[C@@H](O)[C@H](O)[C@H]3O)c2)[C@H](O)[C@@H](O)[C@@H]1O. The number of fused-ring (bicyclic) bond motifs is 1. The summed E-state index contributed by atoms with van der Waals surface area (Å²) in [5.41, 5.74) is 0.569. The molecule has 446 valence electrons. The summed E-state index contributed by atoms with van der Waals surface area (Å²) >= 11 is 0. The summed E-state index contributed by atoms with van der Waals surface area (Å²) in [4.78, 5) is 48.6. The Balaban J connectivity index is 1.12. The summed E-state index contributed by atoms with van der Waals surface area (Å²) < 4.78 is 55.2. The molecule has 29 heteroatoms. The number of aliphatic carboxylic acids is 1.